The molecule has 0 saturated carbocycles. The van der Waals surface area contributed by atoms with Crippen LogP contribution in [0.4, 0.5) is 4.79 Å². The van der Waals surface area contributed by atoms with Crippen molar-refractivity contribution in [2.24, 2.45) is 16.9 Å². The van der Waals surface area contributed by atoms with E-state index < -0.39 is 29.1 Å². The van der Waals surface area contributed by atoms with E-state index in [1.165, 1.54) is 4.90 Å². The van der Waals surface area contributed by atoms with E-state index in [0.717, 1.165) is 27.8 Å². The predicted octanol–water partition coefficient (Wildman–Crippen LogP) is 5.27. The third-order valence-electron chi connectivity index (χ3n) is 8.74. The maximum Gasteiger partial charge on any atom is 0.412 e. The molecule has 0 aliphatic carbocycles. The number of nitrogens with zero attached hydrogens (tertiary/aromatic N) is 2. The van der Waals surface area contributed by atoms with Gasteiger partial charge in [-0.2, -0.15) is 0 Å². The lowest BCUT2D eigenvalue weighted by Gasteiger charge is -2.41. The maximum absolute atomic E-state index is 14.3. The summed E-state index contributed by atoms with van der Waals surface area (Å²) in [5.41, 5.74) is 14.7. The lowest BCUT2D eigenvalue weighted by Crippen LogP contribution is -2.55. The minimum absolute atomic E-state index is 0.213. The molecule has 0 spiro atoms. The quantitative estimate of drug-likeness (QED) is 0.167. The number of nitrogens with two attached hydrogens (primary N) is 2. The van der Waals surface area contributed by atoms with E-state index in [2.05, 4.69) is 0 Å². The molecule has 4 rings (SSSR count). The van der Waals surface area contributed by atoms with Crippen LogP contribution in [-0.4, -0.2) is 65.4 Å². The molecule has 0 radical (unpaired) electrons. The minimum atomic E-state index is -1.15. The van der Waals surface area contributed by atoms with Gasteiger partial charge in [-0.25, -0.2) is 4.79 Å². The Balaban J connectivity index is 1.58. The molecule has 0 bridgehead atoms. The van der Waals surface area contributed by atoms with E-state index in [1.807, 2.05) is 106 Å². The highest BCUT2D eigenvalue weighted by Gasteiger charge is 2.45. The molecule has 3 aromatic rings. The van der Waals surface area contributed by atoms with Gasteiger partial charge in [0.15, 0.2) is 0 Å². The van der Waals surface area contributed by atoms with Crippen LogP contribution in [0.3, 0.4) is 0 Å². The monoisotopic (exact) mass is 638 g/mol. The van der Waals surface area contributed by atoms with Gasteiger partial charge < -0.3 is 26.0 Å². The zero-order chi connectivity index (χ0) is 34.2. The molecular formula is C38H46N4O5. The topological polar surface area (TPSA) is 136 Å². The van der Waals surface area contributed by atoms with Crippen molar-refractivity contribution in [3.05, 3.63) is 108 Å². The number of likely N-dealkylation sites (N-methyl/N-ethyl adjacent to an activating group) is 1. The first-order chi connectivity index (χ1) is 22.3. The molecule has 9 heteroatoms. The van der Waals surface area contributed by atoms with Crippen LogP contribution in [0.1, 0.15) is 51.2 Å². The molecule has 1 aliphatic heterocycles. The van der Waals surface area contributed by atoms with E-state index in [9.17, 15) is 19.2 Å². The fraction of sp³-hybridized carbons (Fsp3) is 0.368. The summed E-state index contributed by atoms with van der Waals surface area (Å²) in [4.78, 5) is 55.8. The van der Waals surface area contributed by atoms with Crippen molar-refractivity contribution < 1.29 is 23.9 Å². The number of amides is 3. The van der Waals surface area contributed by atoms with Crippen molar-refractivity contribution in [2.45, 2.75) is 64.5 Å². The smallest absolute Gasteiger partial charge is 0.376 e. The van der Waals surface area contributed by atoms with E-state index >= 15 is 0 Å². The summed E-state index contributed by atoms with van der Waals surface area (Å²) in [5.74, 6) is -1.19. The molecule has 1 heterocycles. The first-order valence-corrected chi connectivity index (χ1v) is 16.0. The fourth-order valence-corrected chi connectivity index (χ4v) is 6.32. The third kappa shape index (κ3) is 9.62. The van der Waals surface area contributed by atoms with Gasteiger partial charge in [0, 0.05) is 38.2 Å². The first kappa shape index (κ1) is 35.1. The number of benzene rings is 3. The summed E-state index contributed by atoms with van der Waals surface area (Å²) in [6, 6.07) is 26.7. The molecule has 1 saturated heterocycles. The van der Waals surface area contributed by atoms with Gasteiger partial charge in [-0.1, -0.05) is 90.5 Å². The van der Waals surface area contributed by atoms with Gasteiger partial charge in [-0.3, -0.25) is 14.4 Å². The highest BCUT2D eigenvalue weighted by molar-refractivity contribution is 5.94. The standard InChI is InChI=1S/C38H46N4O5/c1-27(25-37(2,3)40)23-33(43)41(4)32(24-28-15-17-31(18-16-28)30-13-9-6-10-14-30)34(44)42-21-19-38(20-22-42,35(45)47-36(39)46)26-29-11-7-5-8-12-29/h5-18,23,32H,19-22,24-26,40H2,1-4H3,(H2,39,46). The van der Waals surface area contributed by atoms with Crippen molar-refractivity contribution in [3.8, 4) is 11.1 Å². The summed E-state index contributed by atoms with van der Waals surface area (Å²) in [5, 5.41) is 0. The van der Waals surface area contributed by atoms with Crippen LogP contribution < -0.4 is 11.5 Å². The highest BCUT2D eigenvalue weighted by Crippen LogP contribution is 2.37. The molecule has 3 aromatic carbocycles. The fourth-order valence-electron chi connectivity index (χ4n) is 6.32. The molecule has 248 valence electrons. The molecule has 47 heavy (non-hydrogen) atoms. The van der Waals surface area contributed by atoms with Crippen LogP contribution in [0, 0.1) is 5.41 Å². The summed E-state index contributed by atoms with van der Waals surface area (Å²) in [6.45, 7) is 6.17. The summed E-state index contributed by atoms with van der Waals surface area (Å²) >= 11 is 0. The maximum atomic E-state index is 14.3. The van der Waals surface area contributed by atoms with Gasteiger partial charge in [0.25, 0.3) is 0 Å². The number of hydrogen-bond acceptors (Lipinski definition) is 6. The van der Waals surface area contributed by atoms with Crippen molar-refractivity contribution in [1.82, 2.24) is 9.80 Å². The van der Waals surface area contributed by atoms with Crippen molar-refractivity contribution in [1.29, 1.82) is 0 Å². The largest absolute Gasteiger partial charge is 0.412 e. The van der Waals surface area contributed by atoms with Crippen LogP contribution in [-0.2, 0) is 32.0 Å². The van der Waals surface area contributed by atoms with Crippen molar-refractivity contribution in [3.63, 3.8) is 0 Å². The van der Waals surface area contributed by atoms with Gasteiger partial charge in [0.2, 0.25) is 11.8 Å². The zero-order valence-corrected chi connectivity index (χ0v) is 27.8. The lowest BCUT2D eigenvalue weighted by molar-refractivity contribution is -0.155. The number of hydrogen-bond donors (Lipinski definition) is 2. The molecular weight excluding hydrogens is 592 g/mol. The number of ether oxygens (including phenoxy) is 1. The average Bonchev–Trinajstić information content (AvgIpc) is 3.03. The number of carbonyl (C=O) groups is 4. The second kappa shape index (κ2) is 15.2. The molecule has 4 N–H and O–H groups in total. The molecule has 9 nitrogen and oxygen atoms in total. The van der Waals surface area contributed by atoms with E-state index in [-0.39, 0.29) is 37.7 Å². The van der Waals surface area contributed by atoms with Crippen LogP contribution in [0.15, 0.2) is 96.6 Å². The Labute approximate surface area is 277 Å². The number of piperidine rings is 1. The predicted molar refractivity (Wildman–Crippen MR) is 183 cm³/mol. The normalized spacial score (nSPS) is 15.4. The number of likely N-dealkylation sites (tertiary alicyclic amines) is 1. The van der Waals surface area contributed by atoms with Crippen molar-refractivity contribution in [2.75, 3.05) is 20.1 Å². The lowest BCUT2D eigenvalue weighted by atomic mass is 9.73. The molecule has 0 aromatic heterocycles. The van der Waals surface area contributed by atoms with Gasteiger partial charge in [-0.05, 0) is 68.7 Å². The number of esters is 1. The Morgan fingerprint density at radius 2 is 1.45 bits per heavy atom. The molecule has 1 atom stereocenters. The summed E-state index contributed by atoms with van der Waals surface area (Å²) < 4.78 is 4.90. The SMILES string of the molecule is CC(=CC(=O)N(C)C(Cc1ccc(-c2ccccc2)cc1)C(=O)N1CCC(Cc2ccccc2)(C(=O)OC(N)=O)CC1)CC(C)(C)N. The molecule has 1 fully saturated rings. The Kier molecular flexibility index (Phi) is 11.4. The van der Waals surface area contributed by atoms with Gasteiger partial charge >= 0.3 is 12.1 Å². The third-order valence-corrected chi connectivity index (χ3v) is 8.74. The van der Waals surface area contributed by atoms with Gasteiger partial charge in [0.05, 0.1) is 5.41 Å². The average molecular weight is 639 g/mol. The van der Waals surface area contributed by atoms with E-state index in [1.54, 1.807) is 18.0 Å². The Bertz CT molecular complexity index is 1570. The minimum Gasteiger partial charge on any atom is -0.376 e. The van der Waals surface area contributed by atoms with Gasteiger partial charge in [0.1, 0.15) is 6.04 Å². The molecule has 1 aliphatic rings. The van der Waals surface area contributed by atoms with Gasteiger partial charge in [-0.15, -0.1) is 0 Å². The second-order valence-corrected chi connectivity index (χ2v) is 13.4. The first-order valence-electron chi connectivity index (χ1n) is 16.0. The summed E-state index contributed by atoms with van der Waals surface area (Å²) in [7, 11) is 1.65. The zero-order valence-electron chi connectivity index (χ0n) is 27.8. The second-order valence-electron chi connectivity index (χ2n) is 13.4. The number of primary amides is 1. The Morgan fingerprint density at radius 3 is 2.00 bits per heavy atom. The number of rotatable bonds is 11. The molecule has 3 amide bonds. The highest BCUT2D eigenvalue weighted by atomic mass is 16.6. The Hall–Kier alpha value is -4.76. The summed E-state index contributed by atoms with van der Waals surface area (Å²) in [6.07, 6.45) is 2.14. The van der Waals surface area contributed by atoms with Crippen LogP contribution in [0.2, 0.25) is 0 Å². The van der Waals surface area contributed by atoms with E-state index in [0.29, 0.717) is 19.3 Å². The number of carbonyl (C=O) groups excluding carboxylic acids is 4. The van der Waals surface area contributed by atoms with Crippen molar-refractivity contribution >= 4 is 23.9 Å². The van der Waals surface area contributed by atoms with Crippen LogP contribution in [0.25, 0.3) is 11.1 Å². The Morgan fingerprint density at radius 1 is 0.894 bits per heavy atom. The molecule has 1 unspecified atom stereocenters. The van der Waals surface area contributed by atoms with E-state index in [4.69, 9.17) is 16.2 Å². The van der Waals surface area contributed by atoms with Crippen LogP contribution >= 0.6 is 0 Å². The van der Waals surface area contributed by atoms with Crippen LogP contribution in [0.5, 0.6) is 0 Å².